The minimum absolute atomic E-state index is 0.352. The number of rotatable bonds is 4. The third-order valence-corrected chi connectivity index (χ3v) is 3.11. The van der Waals surface area contributed by atoms with Crippen LogP contribution in [0.3, 0.4) is 0 Å². The van der Waals surface area contributed by atoms with Gasteiger partial charge in [0.05, 0.1) is 11.9 Å². The van der Waals surface area contributed by atoms with Crippen LogP contribution in [0.25, 0.3) is 0 Å². The van der Waals surface area contributed by atoms with Gasteiger partial charge in [-0.2, -0.15) is 15.4 Å². The summed E-state index contributed by atoms with van der Waals surface area (Å²) >= 11 is 0. The van der Waals surface area contributed by atoms with E-state index >= 15 is 0 Å². The van der Waals surface area contributed by atoms with Crippen molar-refractivity contribution in [2.45, 2.75) is 32.6 Å². The molecule has 1 aromatic heterocycles. The zero-order valence-electron chi connectivity index (χ0n) is 10.1. The van der Waals surface area contributed by atoms with Gasteiger partial charge in [0.2, 0.25) is 0 Å². The van der Waals surface area contributed by atoms with Crippen molar-refractivity contribution in [2.24, 2.45) is 0 Å². The molecule has 4 nitrogen and oxygen atoms in total. The molecule has 0 saturated heterocycles. The highest BCUT2D eigenvalue weighted by Gasteiger charge is 2.12. The maximum absolute atomic E-state index is 9.53. The van der Waals surface area contributed by atoms with Crippen LogP contribution in [0, 0.1) is 6.92 Å². The zero-order valence-corrected chi connectivity index (χ0v) is 10.1. The van der Waals surface area contributed by atoms with E-state index < -0.39 is 0 Å². The molecule has 1 aromatic carbocycles. The largest absolute Gasteiger partial charge is 0.508 e. The Hall–Kier alpha value is -1.84. The van der Waals surface area contributed by atoms with Crippen LogP contribution in [-0.2, 0) is 6.42 Å². The molecule has 0 spiro atoms. The van der Waals surface area contributed by atoms with E-state index in [-0.39, 0.29) is 0 Å². The third kappa shape index (κ3) is 2.64. The number of phenolic OH excluding ortho intramolecular Hbond substituents is 1. The second-order valence-electron chi connectivity index (χ2n) is 4.32. The molecule has 4 heteroatoms. The quantitative estimate of drug-likeness (QED) is 0.850. The molecule has 0 bridgehead atoms. The molecule has 2 N–H and O–H groups in total. The molecule has 0 aliphatic heterocycles. The van der Waals surface area contributed by atoms with E-state index in [1.54, 1.807) is 12.3 Å². The second kappa shape index (κ2) is 4.99. The molecule has 0 radical (unpaired) electrons. The first-order chi connectivity index (χ1) is 8.20. The molecule has 17 heavy (non-hydrogen) atoms. The lowest BCUT2D eigenvalue weighted by Gasteiger charge is -2.14. The second-order valence-corrected chi connectivity index (χ2v) is 4.32. The lowest BCUT2D eigenvalue weighted by Crippen LogP contribution is -2.02. The molecule has 1 atom stereocenters. The summed E-state index contributed by atoms with van der Waals surface area (Å²) in [7, 11) is 0. The van der Waals surface area contributed by atoms with Gasteiger partial charge in [0.15, 0.2) is 0 Å². The van der Waals surface area contributed by atoms with Gasteiger partial charge in [-0.05, 0) is 42.9 Å². The van der Waals surface area contributed by atoms with Crippen LogP contribution in [0.4, 0.5) is 0 Å². The third-order valence-electron chi connectivity index (χ3n) is 3.11. The monoisotopic (exact) mass is 231 g/mol. The fourth-order valence-electron chi connectivity index (χ4n) is 2.01. The van der Waals surface area contributed by atoms with Gasteiger partial charge in [0.1, 0.15) is 5.75 Å². The van der Waals surface area contributed by atoms with Gasteiger partial charge in [-0.3, -0.25) is 0 Å². The van der Waals surface area contributed by atoms with Crippen LogP contribution in [0.2, 0.25) is 0 Å². The topological polar surface area (TPSA) is 61.8 Å². The van der Waals surface area contributed by atoms with Gasteiger partial charge >= 0.3 is 0 Å². The molecule has 0 amide bonds. The highest BCUT2D eigenvalue weighted by molar-refractivity contribution is 5.36. The Labute approximate surface area is 101 Å². The number of aromatic hydroxyl groups is 1. The summed E-state index contributed by atoms with van der Waals surface area (Å²) in [5.74, 6) is 0.768. The number of aromatic amines is 1. The highest BCUT2D eigenvalue weighted by Crippen LogP contribution is 2.27. The Morgan fingerprint density at radius 3 is 2.82 bits per heavy atom. The molecule has 0 aliphatic carbocycles. The number of nitrogens with zero attached hydrogens (tertiary/aromatic N) is 2. The lowest BCUT2D eigenvalue weighted by molar-refractivity contribution is 0.470. The Morgan fingerprint density at radius 1 is 1.41 bits per heavy atom. The van der Waals surface area contributed by atoms with Crippen molar-refractivity contribution >= 4 is 0 Å². The van der Waals surface area contributed by atoms with Crippen molar-refractivity contribution in [3.63, 3.8) is 0 Å². The van der Waals surface area contributed by atoms with E-state index in [0.717, 1.165) is 24.1 Å². The fraction of sp³-hybridized carbons (Fsp3) is 0.385. The number of H-pyrrole nitrogens is 1. The summed E-state index contributed by atoms with van der Waals surface area (Å²) in [4.78, 5) is 0. The Morgan fingerprint density at radius 2 is 2.24 bits per heavy atom. The van der Waals surface area contributed by atoms with E-state index in [0.29, 0.717) is 11.7 Å². The number of hydrogen-bond donors (Lipinski definition) is 2. The molecule has 1 unspecified atom stereocenters. The van der Waals surface area contributed by atoms with E-state index in [9.17, 15) is 5.11 Å². The van der Waals surface area contributed by atoms with Crippen LogP contribution in [0.15, 0.2) is 24.4 Å². The Balaban J connectivity index is 2.20. The maximum Gasteiger partial charge on any atom is 0.118 e. The highest BCUT2D eigenvalue weighted by atomic mass is 16.3. The molecular weight excluding hydrogens is 214 g/mol. The number of aryl methyl sites for hydroxylation is 1. The van der Waals surface area contributed by atoms with Gasteiger partial charge in [0, 0.05) is 0 Å². The lowest BCUT2D eigenvalue weighted by atomic mass is 9.91. The van der Waals surface area contributed by atoms with Crippen molar-refractivity contribution < 1.29 is 5.11 Å². The van der Waals surface area contributed by atoms with Gasteiger partial charge in [-0.25, -0.2) is 0 Å². The predicted molar refractivity (Wildman–Crippen MR) is 66.0 cm³/mol. The molecular formula is C13H17N3O. The maximum atomic E-state index is 9.53. The van der Waals surface area contributed by atoms with Crippen LogP contribution >= 0.6 is 0 Å². The zero-order chi connectivity index (χ0) is 12.3. The summed E-state index contributed by atoms with van der Waals surface area (Å²) in [6, 6.07) is 5.79. The fourth-order valence-corrected chi connectivity index (χ4v) is 2.01. The molecule has 90 valence electrons. The minimum Gasteiger partial charge on any atom is -0.508 e. The average molecular weight is 231 g/mol. The van der Waals surface area contributed by atoms with Gasteiger partial charge in [-0.15, -0.1) is 0 Å². The van der Waals surface area contributed by atoms with Gasteiger partial charge < -0.3 is 5.11 Å². The summed E-state index contributed by atoms with van der Waals surface area (Å²) in [6.45, 7) is 4.08. The molecule has 2 aromatic rings. The summed E-state index contributed by atoms with van der Waals surface area (Å²) in [5.41, 5.74) is 3.13. The minimum atomic E-state index is 0.352. The number of aromatic nitrogens is 3. The van der Waals surface area contributed by atoms with Crippen molar-refractivity contribution in [3.8, 4) is 5.75 Å². The standard InChI is InChI=1S/C13H17N3O/c1-3-10(7-12-8-14-16-15-12)11-4-5-13(17)9(2)6-11/h4-6,8,10,17H,3,7H2,1-2H3,(H,14,15,16). The van der Waals surface area contributed by atoms with Crippen molar-refractivity contribution in [1.82, 2.24) is 15.4 Å². The molecule has 0 fully saturated rings. The summed E-state index contributed by atoms with van der Waals surface area (Å²) in [6.07, 6.45) is 3.67. The predicted octanol–water partition coefficient (Wildman–Crippen LogP) is 2.56. The van der Waals surface area contributed by atoms with Crippen LogP contribution in [0.5, 0.6) is 5.75 Å². The van der Waals surface area contributed by atoms with E-state index in [1.165, 1.54) is 5.56 Å². The Bertz CT molecular complexity index is 479. The molecule has 1 heterocycles. The van der Waals surface area contributed by atoms with Gasteiger partial charge in [0.25, 0.3) is 0 Å². The smallest absolute Gasteiger partial charge is 0.118 e. The van der Waals surface area contributed by atoms with Crippen LogP contribution in [-0.4, -0.2) is 20.5 Å². The Kier molecular flexibility index (Phi) is 3.42. The summed E-state index contributed by atoms with van der Waals surface area (Å²) in [5, 5.41) is 20.1. The molecule has 0 saturated carbocycles. The average Bonchev–Trinajstić information content (AvgIpc) is 2.82. The van der Waals surface area contributed by atoms with Crippen molar-refractivity contribution in [2.75, 3.05) is 0 Å². The van der Waals surface area contributed by atoms with Crippen LogP contribution in [0.1, 0.15) is 36.1 Å². The first-order valence-corrected chi connectivity index (χ1v) is 5.85. The number of phenols is 1. The van der Waals surface area contributed by atoms with Crippen molar-refractivity contribution in [1.29, 1.82) is 0 Å². The normalized spacial score (nSPS) is 12.6. The van der Waals surface area contributed by atoms with E-state index in [1.807, 2.05) is 19.1 Å². The first kappa shape index (κ1) is 11.6. The van der Waals surface area contributed by atoms with E-state index in [4.69, 9.17) is 0 Å². The number of hydrogen-bond acceptors (Lipinski definition) is 3. The SMILES string of the molecule is CCC(Cc1cn[nH]n1)c1ccc(O)c(C)c1. The molecule has 0 aliphatic rings. The molecule has 2 rings (SSSR count). The van der Waals surface area contributed by atoms with Gasteiger partial charge in [-0.1, -0.05) is 19.1 Å². The van der Waals surface area contributed by atoms with E-state index in [2.05, 4.69) is 22.3 Å². The van der Waals surface area contributed by atoms with Crippen LogP contribution < -0.4 is 0 Å². The number of nitrogens with one attached hydrogen (secondary N) is 1. The summed E-state index contributed by atoms with van der Waals surface area (Å²) < 4.78 is 0. The first-order valence-electron chi connectivity index (χ1n) is 5.85. The number of benzene rings is 1. The van der Waals surface area contributed by atoms with Crippen molar-refractivity contribution in [3.05, 3.63) is 41.2 Å².